The number of hydrogen-bond donors (Lipinski definition) is 1. The molecule has 2 atom stereocenters. The van der Waals surface area contributed by atoms with E-state index in [-0.39, 0.29) is 0 Å². The Kier molecular flexibility index (Phi) is 5.19. The maximum absolute atomic E-state index is 5.46. The third-order valence-electron chi connectivity index (χ3n) is 4.62. The average Bonchev–Trinajstić information content (AvgIpc) is 2.60. The molecule has 3 aliphatic rings. The summed E-state index contributed by atoms with van der Waals surface area (Å²) in [6, 6.07) is 0.491. The number of nitrogens with one attached hydrogen (secondary N) is 1. The van der Waals surface area contributed by atoms with Gasteiger partial charge in [-0.05, 0) is 31.5 Å². The molecule has 0 aromatic rings. The summed E-state index contributed by atoms with van der Waals surface area (Å²) in [4.78, 5) is 2.45. The van der Waals surface area contributed by atoms with E-state index in [1.807, 2.05) is 0 Å². The lowest BCUT2D eigenvalue weighted by Crippen LogP contribution is -2.41. The number of allylic oxidation sites excluding steroid dienone is 1. The highest BCUT2D eigenvalue weighted by atomic mass is 79.9. The van der Waals surface area contributed by atoms with Gasteiger partial charge in [0.1, 0.15) is 0 Å². The van der Waals surface area contributed by atoms with E-state index in [0.717, 1.165) is 32.8 Å². The Bertz CT molecular complexity index is 388. The lowest BCUT2D eigenvalue weighted by Gasteiger charge is -2.36. The van der Waals surface area contributed by atoms with Crippen molar-refractivity contribution in [1.29, 1.82) is 0 Å². The molecule has 1 N–H and O–H groups in total. The summed E-state index contributed by atoms with van der Waals surface area (Å²) in [5, 5.41) is 3.76. The van der Waals surface area contributed by atoms with E-state index >= 15 is 0 Å². The first-order chi connectivity index (χ1) is 9.84. The van der Waals surface area contributed by atoms with E-state index in [2.05, 4.69) is 38.3 Å². The molecule has 1 aliphatic carbocycles. The van der Waals surface area contributed by atoms with Crippen molar-refractivity contribution in [1.82, 2.24) is 10.2 Å². The van der Waals surface area contributed by atoms with Gasteiger partial charge in [0.05, 0.1) is 13.2 Å². The monoisotopic (exact) mass is 340 g/mol. The smallest absolute Gasteiger partial charge is 0.0642 e. The van der Waals surface area contributed by atoms with Crippen molar-refractivity contribution < 1.29 is 4.74 Å². The molecule has 2 unspecified atom stereocenters. The van der Waals surface area contributed by atoms with Gasteiger partial charge in [-0.2, -0.15) is 0 Å². The summed E-state index contributed by atoms with van der Waals surface area (Å²) in [5.74, 6) is 0.623. The van der Waals surface area contributed by atoms with Crippen LogP contribution in [0.5, 0.6) is 0 Å². The minimum Gasteiger partial charge on any atom is -0.378 e. The molecule has 0 radical (unpaired) electrons. The number of rotatable bonds is 1. The molecule has 0 saturated carbocycles. The van der Waals surface area contributed by atoms with E-state index in [4.69, 9.17) is 4.74 Å². The molecule has 2 heterocycles. The SMILES string of the molecule is BrC1=CC(N2CCOCC2)=CC2NCCCCCCC12. The van der Waals surface area contributed by atoms with Crippen LogP contribution < -0.4 is 5.32 Å². The second-order valence-corrected chi connectivity index (χ2v) is 6.93. The Hall–Kier alpha value is -0.320. The normalized spacial score (nSPS) is 32.4. The summed E-state index contributed by atoms with van der Waals surface area (Å²) in [6.45, 7) is 4.88. The lowest BCUT2D eigenvalue weighted by atomic mass is 9.89. The second-order valence-electron chi connectivity index (χ2n) is 6.01. The summed E-state index contributed by atoms with van der Waals surface area (Å²) in [6.07, 6.45) is 11.5. The molecular formula is C16H25BrN2O. The molecular weight excluding hydrogens is 316 g/mol. The molecule has 0 aromatic carbocycles. The fraction of sp³-hybridized carbons (Fsp3) is 0.750. The highest BCUT2D eigenvalue weighted by molar-refractivity contribution is 9.11. The van der Waals surface area contributed by atoms with Gasteiger partial charge < -0.3 is 15.0 Å². The quantitative estimate of drug-likeness (QED) is 0.793. The molecule has 2 fully saturated rings. The van der Waals surface area contributed by atoms with Crippen molar-refractivity contribution in [2.45, 2.75) is 38.1 Å². The Morgan fingerprint density at radius 1 is 1.15 bits per heavy atom. The first kappa shape index (κ1) is 14.6. The zero-order valence-electron chi connectivity index (χ0n) is 12.1. The first-order valence-electron chi connectivity index (χ1n) is 7.99. The van der Waals surface area contributed by atoms with E-state index in [9.17, 15) is 0 Å². The van der Waals surface area contributed by atoms with Gasteiger partial charge in [0, 0.05) is 35.2 Å². The molecule has 0 aromatic heterocycles. The van der Waals surface area contributed by atoms with Crippen LogP contribution in [0.4, 0.5) is 0 Å². The Morgan fingerprint density at radius 3 is 2.80 bits per heavy atom. The van der Waals surface area contributed by atoms with Crippen LogP contribution in [0.3, 0.4) is 0 Å². The number of halogens is 1. The van der Waals surface area contributed by atoms with E-state index in [1.54, 1.807) is 0 Å². The number of nitrogens with zero attached hydrogens (tertiary/aromatic N) is 1. The molecule has 20 heavy (non-hydrogen) atoms. The van der Waals surface area contributed by atoms with Gasteiger partial charge in [-0.25, -0.2) is 0 Å². The second kappa shape index (κ2) is 7.10. The van der Waals surface area contributed by atoms with Crippen molar-refractivity contribution in [3.63, 3.8) is 0 Å². The Balaban J connectivity index is 1.75. The van der Waals surface area contributed by atoms with Crippen molar-refractivity contribution in [2.24, 2.45) is 5.92 Å². The van der Waals surface area contributed by atoms with Crippen LogP contribution in [-0.4, -0.2) is 43.8 Å². The van der Waals surface area contributed by atoms with Gasteiger partial charge >= 0.3 is 0 Å². The summed E-state index contributed by atoms with van der Waals surface area (Å²) in [7, 11) is 0. The predicted molar refractivity (Wildman–Crippen MR) is 85.9 cm³/mol. The highest BCUT2D eigenvalue weighted by Gasteiger charge is 2.28. The van der Waals surface area contributed by atoms with Crippen LogP contribution in [0.2, 0.25) is 0 Å². The Morgan fingerprint density at radius 2 is 1.95 bits per heavy atom. The number of ether oxygens (including phenoxy) is 1. The van der Waals surface area contributed by atoms with Crippen LogP contribution in [0.15, 0.2) is 22.3 Å². The van der Waals surface area contributed by atoms with Crippen molar-refractivity contribution in [3.8, 4) is 0 Å². The largest absolute Gasteiger partial charge is 0.378 e. The molecule has 112 valence electrons. The van der Waals surface area contributed by atoms with Crippen molar-refractivity contribution in [3.05, 3.63) is 22.3 Å². The van der Waals surface area contributed by atoms with Crippen LogP contribution in [-0.2, 0) is 4.74 Å². The minimum atomic E-state index is 0.491. The van der Waals surface area contributed by atoms with E-state index < -0.39 is 0 Å². The van der Waals surface area contributed by atoms with Crippen molar-refractivity contribution >= 4 is 15.9 Å². The van der Waals surface area contributed by atoms with Crippen molar-refractivity contribution in [2.75, 3.05) is 32.8 Å². The minimum absolute atomic E-state index is 0.491. The molecule has 3 nitrogen and oxygen atoms in total. The molecule has 0 spiro atoms. The van der Waals surface area contributed by atoms with Crippen LogP contribution in [0.1, 0.15) is 32.1 Å². The topological polar surface area (TPSA) is 24.5 Å². The molecule has 0 bridgehead atoms. The third-order valence-corrected chi connectivity index (χ3v) is 5.44. The number of morpholine rings is 1. The molecule has 0 amide bonds. The lowest BCUT2D eigenvalue weighted by molar-refractivity contribution is 0.0548. The highest BCUT2D eigenvalue weighted by Crippen LogP contribution is 2.34. The standard InChI is InChI=1S/C16H25BrN2O/c17-15-11-13(19-7-9-20-10-8-19)12-16-14(15)5-3-1-2-4-6-18-16/h11-12,14,16,18H,1-10H2. The average molecular weight is 341 g/mol. The van der Waals surface area contributed by atoms with E-state index in [1.165, 1.54) is 42.3 Å². The van der Waals surface area contributed by atoms with Gasteiger partial charge in [-0.1, -0.05) is 35.2 Å². The zero-order valence-corrected chi connectivity index (χ0v) is 13.7. The molecule has 2 aliphatic heterocycles. The van der Waals surface area contributed by atoms with E-state index in [0.29, 0.717) is 12.0 Å². The fourth-order valence-electron chi connectivity index (χ4n) is 3.42. The predicted octanol–water partition coefficient (Wildman–Crippen LogP) is 3.03. The third kappa shape index (κ3) is 3.46. The van der Waals surface area contributed by atoms with Crippen LogP contribution >= 0.6 is 15.9 Å². The maximum Gasteiger partial charge on any atom is 0.0642 e. The summed E-state index contributed by atoms with van der Waals surface area (Å²) in [5.41, 5.74) is 1.37. The van der Waals surface area contributed by atoms with Crippen LogP contribution in [0.25, 0.3) is 0 Å². The molecule has 2 saturated heterocycles. The zero-order chi connectivity index (χ0) is 13.8. The summed E-state index contributed by atoms with van der Waals surface area (Å²) >= 11 is 3.85. The first-order valence-corrected chi connectivity index (χ1v) is 8.79. The van der Waals surface area contributed by atoms with Gasteiger partial charge in [0.2, 0.25) is 0 Å². The number of fused-ring (bicyclic) bond motifs is 1. The van der Waals surface area contributed by atoms with Gasteiger partial charge in [0.25, 0.3) is 0 Å². The summed E-state index contributed by atoms with van der Waals surface area (Å²) < 4.78 is 6.84. The van der Waals surface area contributed by atoms with Gasteiger partial charge in [0.15, 0.2) is 0 Å². The molecule has 4 heteroatoms. The van der Waals surface area contributed by atoms with Gasteiger partial charge in [-0.3, -0.25) is 0 Å². The van der Waals surface area contributed by atoms with Gasteiger partial charge in [-0.15, -0.1) is 0 Å². The molecule has 3 rings (SSSR count). The van der Waals surface area contributed by atoms with Crippen LogP contribution in [0, 0.1) is 5.92 Å². The fourth-order valence-corrected chi connectivity index (χ4v) is 4.16. The Labute approximate surface area is 130 Å². The maximum atomic E-state index is 5.46. The number of hydrogen-bond acceptors (Lipinski definition) is 3.